The van der Waals surface area contributed by atoms with Crippen LogP contribution in [0.2, 0.25) is 0 Å². The number of aliphatic imine (C=N–C) groups is 1. The molecular weight excluding hydrogens is 395 g/mol. The van der Waals surface area contributed by atoms with E-state index in [1.807, 2.05) is 0 Å². The number of ether oxygens (including phenoxy) is 2. The predicted molar refractivity (Wildman–Crippen MR) is 93.7 cm³/mol. The quantitative estimate of drug-likeness (QED) is 0.280. The molecule has 2 N–H and O–H groups in total. The van der Waals surface area contributed by atoms with Crippen LogP contribution in [0.4, 0.5) is 4.79 Å². The van der Waals surface area contributed by atoms with Gasteiger partial charge in [-0.25, -0.2) is 24.8 Å². The fourth-order valence-corrected chi connectivity index (χ4v) is 5.14. The Labute approximate surface area is 161 Å². The fourth-order valence-electron chi connectivity index (χ4n) is 3.38. The van der Waals surface area contributed by atoms with E-state index in [0.717, 1.165) is 0 Å². The average Bonchev–Trinajstić information content (AvgIpc) is 2.66. The van der Waals surface area contributed by atoms with Gasteiger partial charge in [-0.3, -0.25) is 18.6 Å². The van der Waals surface area contributed by atoms with Crippen LogP contribution in [-0.2, 0) is 32.7 Å². The Bertz CT molecular complexity index is 803. The Morgan fingerprint density at radius 2 is 2.29 bits per heavy atom. The number of imide groups is 1. The van der Waals surface area contributed by atoms with Crippen molar-refractivity contribution in [3.8, 4) is 0 Å². The molecule has 3 heterocycles. The first kappa shape index (κ1) is 20.8. The van der Waals surface area contributed by atoms with E-state index >= 15 is 0 Å². The lowest BCUT2D eigenvalue weighted by molar-refractivity contribution is -0.891. The molecule has 0 saturated carbocycles. The van der Waals surface area contributed by atoms with Crippen molar-refractivity contribution >= 4 is 32.4 Å². The van der Waals surface area contributed by atoms with Crippen molar-refractivity contribution in [2.45, 2.75) is 37.8 Å². The van der Waals surface area contributed by atoms with Crippen molar-refractivity contribution in [2.75, 3.05) is 20.4 Å². The molecule has 2 unspecified atom stereocenters. The molecule has 154 valence electrons. The summed E-state index contributed by atoms with van der Waals surface area (Å²) in [6, 6.07) is -1.65. The summed E-state index contributed by atoms with van der Waals surface area (Å²) in [7, 11) is -2.78. The van der Waals surface area contributed by atoms with Gasteiger partial charge in [0.1, 0.15) is 18.3 Å². The molecule has 0 aromatic carbocycles. The Kier molecular flexibility index (Phi) is 5.30. The number of quaternary nitrogens is 1. The smallest absolute Gasteiger partial charge is 0.432 e. The van der Waals surface area contributed by atoms with Crippen LogP contribution in [0, 0.1) is 0 Å². The van der Waals surface area contributed by atoms with Crippen LogP contribution >= 0.6 is 7.75 Å². The van der Waals surface area contributed by atoms with Gasteiger partial charge in [0.15, 0.2) is 12.8 Å². The third-order valence-electron chi connectivity index (χ3n) is 5.14. The second-order valence-corrected chi connectivity index (χ2v) is 8.48. The molecule has 3 amide bonds. The highest BCUT2D eigenvalue weighted by Crippen LogP contribution is 2.55. The molecule has 0 radical (unpaired) electrons. The van der Waals surface area contributed by atoms with Gasteiger partial charge in [-0.05, 0) is 13.6 Å². The Morgan fingerprint density at radius 3 is 2.89 bits per heavy atom. The van der Waals surface area contributed by atoms with Gasteiger partial charge in [0.2, 0.25) is 5.66 Å². The van der Waals surface area contributed by atoms with Crippen molar-refractivity contribution in [1.29, 1.82) is 0 Å². The zero-order valence-electron chi connectivity index (χ0n) is 15.6. The minimum absolute atomic E-state index is 0.127. The first-order valence-electron chi connectivity index (χ1n) is 8.41. The van der Waals surface area contributed by atoms with Crippen molar-refractivity contribution in [3.05, 3.63) is 12.3 Å². The first-order chi connectivity index (χ1) is 13.1. The topological polar surface area (TPSA) is 142 Å². The number of carbonyl (C=O) groups excluding carboxylic acids is 3. The van der Waals surface area contributed by atoms with E-state index in [9.17, 15) is 18.9 Å². The molecule has 1 spiro atoms. The highest BCUT2D eigenvalue weighted by molar-refractivity contribution is 7.51. The standard InChI is InChI=1S/C15H21N4O8P/c1-9(13(21)24-4)18-28(23)26-7-10-12(27-28)15(2,16-3)19(8-25-10)6-5-11(20)17-14(19)22/h5-6,9-10,12H,3,7-8H2,1-2,4H3,(H-,17,18,20,22,23)/p+1/t9-,10-,12-,15+,19?,28?/m1/s1. The SMILES string of the molecule is C=N[C@]1(C)[C@@H]2OP(=O)(N[C@H](C)C(=O)OC)OC[C@H]2OC[N+]12C=CC(=O)NC2=O. The number of carbonyl (C=O) groups is 3. The molecule has 13 heteroatoms. The van der Waals surface area contributed by atoms with Gasteiger partial charge < -0.3 is 9.47 Å². The van der Waals surface area contributed by atoms with Gasteiger partial charge in [0.05, 0.1) is 19.8 Å². The lowest BCUT2D eigenvalue weighted by Gasteiger charge is -2.54. The highest BCUT2D eigenvalue weighted by atomic mass is 31.2. The monoisotopic (exact) mass is 417 g/mol. The molecule has 3 aliphatic rings. The number of rotatable bonds is 4. The Balaban J connectivity index is 1.94. The third kappa shape index (κ3) is 3.11. The fraction of sp³-hybridized carbons (Fsp3) is 0.600. The normalized spacial score (nSPS) is 41.1. The number of nitrogens with one attached hydrogen (secondary N) is 2. The maximum Gasteiger partial charge on any atom is 0.432 e. The molecule has 6 atom stereocenters. The summed E-state index contributed by atoms with van der Waals surface area (Å²) in [5.74, 6) is -1.23. The molecule has 3 aliphatic heterocycles. The summed E-state index contributed by atoms with van der Waals surface area (Å²) in [6.07, 6.45) is 0.806. The van der Waals surface area contributed by atoms with Crippen LogP contribution in [0.1, 0.15) is 13.8 Å². The maximum atomic E-state index is 13.1. The van der Waals surface area contributed by atoms with Crippen LogP contribution in [0.3, 0.4) is 0 Å². The summed E-state index contributed by atoms with van der Waals surface area (Å²) >= 11 is 0. The molecule has 2 fully saturated rings. The van der Waals surface area contributed by atoms with E-state index in [2.05, 4.69) is 26.9 Å². The lowest BCUT2D eigenvalue weighted by Crippen LogP contribution is -2.77. The van der Waals surface area contributed by atoms with Gasteiger partial charge in [-0.15, -0.1) is 0 Å². The zero-order valence-corrected chi connectivity index (χ0v) is 16.5. The summed E-state index contributed by atoms with van der Waals surface area (Å²) < 4.78 is 33.8. The number of hydrogen-bond acceptors (Lipinski definition) is 9. The number of methoxy groups -OCH3 is 1. The van der Waals surface area contributed by atoms with E-state index < -0.39 is 54.0 Å². The number of hydrogen-bond donors (Lipinski definition) is 2. The van der Waals surface area contributed by atoms with Gasteiger partial charge in [-0.2, -0.15) is 4.48 Å². The molecule has 0 aromatic heterocycles. The second-order valence-electron chi connectivity index (χ2n) is 6.76. The van der Waals surface area contributed by atoms with E-state index in [4.69, 9.17) is 13.8 Å². The summed E-state index contributed by atoms with van der Waals surface area (Å²) in [5.41, 5.74) is -1.39. The van der Waals surface area contributed by atoms with Crippen molar-refractivity contribution in [1.82, 2.24) is 10.4 Å². The number of urea groups is 1. The number of nitrogens with zero attached hydrogens (tertiary/aromatic N) is 2. The van der Waals surface area contributed by atoms with Gasteiger partial charge in [0.25, 0.3) is 5.91 Å². The zero-order chi connectivity index (χ0) is 20.7. The van der Waals surface area contributed by atoms with Crippen molar-refractivity contribution in [2.24, 2.45) is 4.99 Å². The van der Waals surface area contributed by atoms with Crippen LogP contribution in [0.5, 0.6) is 0 Å². The van der Waals surface area contributed by atoms with Crippen molar-refractivity contribution in [3.63, 3.8) is 0 Å². The average molecular weight is 417 g/mol. The van der Waals surface area contributed by atoms with Gasteiger partial charge >= 0.3 is 19.7 Å². The van der Waals surface area contributed by atoms with Crippen molar-refractivity contribution < 1.29 is 42.0 Å². The van der Waals surface area contributed by atoms with E-state index in [0.29, 0.717) is 0 Å². The Hall–Kier alpha value is -1.95. The minimum Gasteiger partial charge on any atom is -0.468 e. The summed E-state index contributed by atoms with van der Waals surface area (Å²) in [6.45, 7) is 6.31. The number of fused-ring (bicyclic) bond motifs is 1. The summed E-state index contributed by atoms with van der Waals surface area (Å²) in [4.78, 5) is 40.0. The molecule has 28 heavy (non-hydrogen) atoms. The molecular formula is C15H22N4O8P+. The number of amides is 3. The lowest BCUT2D eigenvalue weighted by atomic mass is 9.94. The molecule has 0 aliphatic carbocycles. The summed E-state index contributed by atoms with van der Waals surface area (Å²) in [5, 5.41) is 4.70. The molecule has 0 aromatic rings. The number of esters is 1. The molecule has 12 nitrogen and oxygen atoms in total. The largest absolute Gasteiger partial charge is 0.468 e. The maximum absolute atomic E-state index is 13.1. The van der Waals surface area contributed by atoms with Gasteiger partial charge in [0, 0.05) is 6.92 Å². The van der Waals surface area contributed by atoms with E-state index in [1.54, 1.807) is 6.92 Å². The van der Waals surface area contributed by atoms with Gasteiger partial charge in [-0.1, -0.05) is 0 Å². The highest BCUT2D eigenvalue weighted by Gasteiger charge is 2.67. The van der Waals surface area contributed by atoms with Crippen LogP contribution in [0.25, 0.3) is 0 Å². The van der Waals surface area contributed by atoms with E-state index in [-0.39, 0.29) is 13.3 Å². The first-order valence-corrected chi connectivity index (χ1v) is 9.96. The third-order valence-corrected chi connectivity index (χ3v) is 6.83. The second kappa shape index (κ2) is 7.14. The van der Waals surface area contributed by atoms with E-state index in [1.165, 1.54) is 26.3 Å². The van der Waals surface area contributed by atoms with Crippen LogP contribution in [0.15, 0.2) is 17.3 Å². The molecule has 0 bridgehead atoms. The molecule has 2 saturated heterocycles. The Morgan fingerprint density at radius 1 is 1.57 bits per heavy atom. The minimum atomic E-state index is -3.97. The molecule has 3 rings (SSSR count). The predicted octanol–water partition coefficient (Wildman–Crippen LogP) is 0.0144. The van der Waals surface area contributed by atoms with Crippen LogP contribution in [-0.4, -0.2) is 73.5 Å². The van der Waals surface area contributed by atoms with Crippen LogP contribution < -0.4 is 10.4 Å².